The summed E-state index contributed by atoms with van der Waals surface area (Å²) in [6, 6.07) is 27.9. The molecule has 0 aliphatic rings. The van der Waals surface area contributed by atoms with E-state index in [-0.39, 0.29) is 0 Å². The van der Waals surface area contributed by atoms with Crippen LogP contribution in [0.4, 0.5) is 0 Å². The number of aliphatic hydroxyl groups excluding tert-OH is 1. The van der Waals surface area contributed by atoms with Crippen LogP contribution in [0.3, 0.4) is 0 Å². The van der Waals surface area contributed by atoms with Crippen molar-refractivity contribution >= 4 is 0 Å². The van der Waals surface area contributed by atoms with Gasteiger partial charge in [-0.05, 0) is 41.4 Å². The summed E-state index contributed by atoms with van der Waals surface area (Å²) in [7, 11) is 2.01. The van der Waals surface area contributed by atoms with Crippen molar-refractivity contribution < 1.29 is 5.11 Å². The third-order valence-corrected chi connectivity index (χ3v) is 4.42. The van der Waals surface area contributed by atoms with E-state index < -0.39 is 6.10 Å². The van der Waals surface area contributed by atoms with E-state index in [2.05, 4.69) is 35.2 Å². The molecule has 3 aromatic carbocycles. The second kappa shape index (κ2) is 8.44. The molecule has 1 atom stereocenters. The molecule has 0 amide bonds. The van der Waals surface area contributed by atoms with Gasteiger partial charge in [0.05, 0.1) is 17.7 Å². The van der Waals surface area contributed by atoms with Crippen LogP contribution >= 0.6 is 0 Å². The number of nitrogens with zero attached hydrogens (tertiary/aromatic N) is 2. The van der Waals surface area contributed by atoms with Crippen molar-refractivity contribution in [3.05, 3.63) is 95.6 Å². The zero-order chi connectivity index (χ0) is 18.4. The van der Waals surface area contributed by atoms with Gasteiger partial charge < -0.3 is 5.11 Å². The lowest BCUT2D eigenvalue weighted by Crippen LogP contribution is -2.24. The van der Waals surface area contributed by atoms with Gasteiger partial charge in [-0.25, -0.2) is 0 Å². The number of hydrogen-bond donors (Lipinski definition) is 1. The highest BCUT2D eigenvalue weighted by Gasteiger charge is 2.10. The highest BCUT2D eigenvalue weighted by Crippen LogP contribution is 2.21. The van der Waals surface area contributed by atoms with Crippen LogP contribution in [-0.2, 0) is 6.54 Å². The normalized spacial score (nSPS) is 11.9. The van der Waals surface area contributed by atoms with Crippen LogP contribution in [0, 0.1) is 11.3 Å². The monoisotopic (exact) mass is 342 g/mol. The van der Waals surface area contributed by atoms with Gasteiger partial charge in [-0.3, -0.25) is 4.90 Å². The first-order valence-corrected chi connectivity index (χ1v) is 8.67. The van der Waals surface area contributed by atoms with E-state index >= 15 is 0 Å². The molecule has 130 valence electrons. The first-order valence-electron chi connectivity index (χ1n) is 8.67. The van der Waals surface area contributed by atoms with Gasteiger partial charge in [-0.15, -0.1) is 0 Å². The van der Waals surface area contributed by atoms with Crippen molar-refractivity contribution in [1.29, 1.82) is 5.26 Å². The van der Waals surface area contributed by atoms with Crippen molar-refractivity contribution in [1.82, 2.24) is 4.90 Å². The molecule has 0 spiro atoms. The zero-order valence-corrected chi connectivity index (χ0v) is 14.8. The van der Waals surface area contributed by atoms with Gasteiger partial charge in [0.25, 0.3) is 0 Å². The molecule has 0 aromatic heterocycles. The SMILES string of the molecule is CN(Cc1ccc(-c2ccc(C#N)cc2)cc1)CC(O)c1ccccc1. The predicted molar refractivity (Wildman–Crippen MR) is 104 cm³/mol. The van der Waals surface area contributed by atoms with E-state index in [9.17, 15) is 5.11 Å². The predicted octanol–water partition coefficient (Wildman–Crippen LogP) is 4.39. The van der Waals surface area contributed by atoms with Gasteiger partial charge in [-0.2, -0.15) is 5.26 Å². The molecule has 0 saturated carbocycles. The van der Waals surface area contributed by atoms with E-state index in [0.29, 0.717) is 12.1 Å². The van der Waals surface area contributed by atoms with Gasteiger partial charge in [0, 0.05) is 13.1 Å². The molecule has 0 aliphatic heterocycles. The summed E-state index contributed by atoms with van der Waals surface area (Å²) in [6.07, 6.45) is -0.487. The number of rotatable bonds is 6. The van der Waals surface area contributed by atoms with Crippen molar-refractivity contribution in [3.63, 3.8) is 0 Å². The summed E-state index contributed by atoms with van der Waals surface area (Å²) in [6.45, 7) is 1.36. The van der Waals surface area contributed by atoms with Crippen LogP contribution in [-0.4, -0.2) is 23.6 Å². The summed E-state index contributed by atoms with van der Waals surface area (Å²) in [4.78, 5) is 2.12. The van der Waals surface area contributed by atoms with Crippen molar-refractivity contribution in [2.75, 3.05) is 13.6 Å². The third kappa shape index (κ3) is 4.58. The summed E-state index contributed by atoms with van der Waals surface area (Å²) in [5.41, 5.74) is 5.04. The zero-order valence-electron chi connectivity index (χ0n) is 14.8. The second-order valence-electron chi connectivity index (χ2n) is 6.51. The van der Waals surface area contributed by atoms with Crippen LogP contribution in [0.25, 0.3) is 11.1 Å². The Kier molecular flexibility index (Phi) is 5.80. The molecule has 26 heavy (non-hydrogen) atoms. The quantitative estimate of drug-likeness (QED) is 0.723. The van der Waals surface area contributed by atoms with Gasteiger partial charge in [0.15, 0.2) is 0 Å². The van der Waals surface area contributed by atoms with Crippen LogP contribution < -0.4 is 0 Å². The fraction of sp³-hybridized carbons (Fsp3) is 0.174. The van der Waals surface area contributed by atoms with Gasteiger partial charge in [0.1, 0.15) is 0 Å². The summed E-state index contributed by atoms with van der Waals surface area (Å²) >= 11 is 0. The third-order valence-electron chi connectivity index (χ3n) is 4.42. The average Bonchev–Trinajstić information content (AvgIpc) is 2.69. The molecule has 0 radical (unpaired) electrons. The van der Waals surface area contributed by atoms with Crippen LogP contribution in [0.1, 0.15) is 22.8 Å². The Bertz CT molecular complexity index is 865. The minimum absolute atomic E-state index is 0.487. The topological polar surface area (TPSA) is 47.3 Å². The first kappa shape index (κ1) is 17.9. The van der Waals surface area contributed by atoms with Gasteiger partial charge >= 0.3 is 0 Å². The summed E-state index contributed by atoms with van der Waals surface area (Å²) in [5.74, 6) is 0. The van der Waals surface area contributed by atoms with Gasteiger partial charge in [-0.1, -0.05) is 66.7 Å². The lowest BCUT2D eigenvalue weighted by atomic mass is 10.0. The molecule has 3 heteroatoms. The lowest BCUT2D eigenvalue weighted by molar-refractivity contribution is 0.124. The molecule has 3 nitrogen and oxygen atoms in total. The number of aliphatic hydroxyl groups is 1. The summed E-state index contributed by atoms with van der Waals surface area (Å²) < 4.78 is 0. The maximum Gasteiger partial charge on any atom is 0.0991 e. The van der Waals surface area contributed by atoms with Crippen molar-refractivity contribution in [2.24, 2.45) is 0 Å². The number of nitriles is 1. The number of likely N-dealkylation sites (N-methyl/N-ethyl adjacent to an activating group) is 1. The fourth-order valence-electron chi connectivity index (χ4n) is 2.99. The molecule has 0 fully saturated rings. The molecule has 0 heterocycles. The number of hydrogen-bond acceptors (Lipinski definition) is 3. The Labute approximate surface area is 154 Å². The van der Waals surface area contributed by atoms with Crippen LogP contribution in [0.5, 0.6) is 0 Å². The Hall–Kier alpha value is -2.93. The van der Waals surface area contributed by atoms with E-state index in [1.165, 1.54) is 5.56 Å². The fourth-order valence-corrected chi connectivity index (χ4v) is 2.99. The van der Waals surface area contributed by atoms with Crippen molar-refractivity contribution in [2.45, 2.75) is 12.6 Å². The minimum Gasteiger partial charge on any atom is -0.387 e. The maximum atomic E-state index is 10.3. The average molecular weight is 342 g/mol. The molecule has 0 aliphatic carbocycles. The van der Waals surface area contributed by atoms with Crippen molar-refractivity contribution in [3.8, 4) is 17.2 Å². The van der Waals surface area contributed by atoms with E-state index in [1.54, 1.807) is 0 Å². The highest BCUT2D eigenvalue weighted by molar-refractivity contribution is 5.64. The molecule has 3 rings (SSSR count). The second-order valence-corrected chi connectivity index (χ2v) is 6.51. The molecule has 1 N–H and O–H groups in total. The Morgan fingerprint density at radius 3 is 2.04 bits per heavy atom. The van der Waals surface area contributed by atoms with E-state index in [1.807, 2.05) is 61.6 Å². The number of benzene rings is 3. The first-order chi connectivity index (χ1) is 12.7. The molecular weight excluding hydrogens is 320 g/mol. The largest absolute Gasteiger partial charge is 0.387 e. The molecular formula is C23H22N2O. The Morgan fingerprint density at radius 1 is 0.885 bits per heavy atom. The smallest absolute Gasteiger partial charge is 0.0991 e. The minimum atomic E-state index is -0.487. The molecule has 1 unspecified atom stereocenters. The van der Waals surface area contributed by atoms with Gasteiger partial charge in [0.2, 0.25) is 0 Å². The van der Waals surface area contributed by atoms with Crippen LogP contribution in [0.2, 0.25) is 0 Å². The van der Waals surface area contributed by atoms with E-state index in [4.69, 9.17) is 5.26 Å². The highest BCUT2D eigenvalue weighted by atomic mass is 16.3. The summed E-state index contributed by atoms with van der Waals surface area (Å²) in [5, 5.41) is 19.2. The van der Waals surface area contributed by atoms with E-state index in [0.717, 1.165) is 23.2 Å². The standard InChI is InChI=1S/C23H22N2O/c1-25(17-23(26)22-5-3-2-4-6-22)16-19-9-13-21(14-10-19)20-11-7-18(15-24)8-12-20/h2-14,23,26H,16-17H2,1H3. The molecule has 0 saturated heterocycles. The Balaban J connectivity index is 1.60. The Morgan fingerprint density at radius 2 is 1.46 bits per heavy atom. The lowest BCUT2D eigenvalue weighted by Gasteiger charge is -2.21. The van der Waals surface area contributed by atoms with Crippen LogP contribution in [0.15, 0.2) is 78.9 Å². The molecule has 3 aromatic rings. The maximum absolute atomic E-state index is 10.3. The molecule has 0 bridgehead atoms.